The fourth-order valence-corrected chi connectivity index (χ4v) is 2.81. The molecule has 3 aromatic carbocycles. The first-order valence-electron chi connectivity index (χ1n) is 6.52. The number of benzene rings is 3. The molecule has 0 aromatic heterocycles. The molecule has 0 fully saturated rings. The van der Waals surface area contributed by atoms with Crippen molar-refractivity contribution in [3.8, 4) is 5.75 Å². The minimum atomic E-state index is -0.172. The Kier molecular flexibility index (Phi) is 2.57. The summed E-state index contributed by atoms with van der Waals surface area (Å²) < 4.78 is 5.99. The van der Waals surface area contributed by atoms with Crippen LogP contribution in [0.15, 0.2) is 60.7 Å². The Hall–Kier alpha value is -2.19. The Balaban J connectivity index is 1.79. The van der Waals surface area contributed by atoms with E-state index in [0.29, 0.717) is 5.02 Å². The molecule has 0 bridgehead atoms. The van der Waals surface area contributed by atoms with Gasteiger partial charge >= 0.3 is 0 Å². The lowest BCUT2D eigenvalue weighted by molar-refractivity contribution is 0.261. The van der Waals surface area contributed by atoms with Gasteiger partial charge in [-0.2, -0.15) is 0 Å². The van der Waals surface area contributed by atoms with E-state index in [2.05, 4.69) is 35.6 Å². The fourth-order valence-electron chi connectivity index (χ4n) is 2.64. The van der Waals surface area contributed by atoms with E-state index >= 15 is 0 Å². The molecular formula is C17H12ClNO. The first-order chi connectivity index (χ1) is 9.81. The van der Waals surface area contributed by atoms with Crippen LogP contribution in [0.5, 0.6) is 5.75 Å². The van der Waals surface area contributed by atoms with Gasteiger partial charge in [0.1, 0.15) is 5.75 Å². The van der Waals surface area contributed by atoms with Crippen LogP contribution >= 0.6 is 11.6 Å². The Morgan fingerprint density at radius 1 is 0.950 bits per heavy atom. The SMILES string of the molecule is Clc1ccc2c(c1)N[C@H](c1cccc3ccccc13)O2. The zero-order valence-electron chi connectivity index (χ0n) is 10.6. The van der Waals surface area contributed by atoms with Crippen LogP contribution in [0, 0.1) is 0 Å². The maximum Gasteiger partial charge on any atom is 0.197 e. The van der Waals surface area contributed by atoms with Crippen molar-refractivity contribution in [2.24, 2.45) is 0 Å². The highest BCUT2D eigenvalue weighted by Crippen LogP contribution is 2.40. The summed E-state index contributed by atoms with van der Waals surface area (Å²) in [5.74, 6) is 0.840. The summed E-state index contributed by atoms with van der Waals surface area (Å²) in [6.07, 6.45) is -0.172. The second-order valence-corrected chi connectivity index (χ2v) is 5.29. The van der Waals surface area contributed by atoms with Gasteiger partial charge in [-0.25, -0.2) is 0 Å². The maximum absolute atomic E-state index is 6.02. The van der Waals surface area contributed by atoms with Gasteiger partial charge in [0, 0.05) is 10.6 Å². The molecule has 0 radical (unpaired) electrons. The Bertz CT molecular complexity index is 795. The van der Waals surface area contributed by atoms with Gasteiger partial charge in [-0.15, -0.1) is 0 Å². The van der Waals surface area contributed by atoms with Crippen LogP contribution in [0.4, 0.5) is 5.69 Å². The highest BCUT2D eigenvalue weighted by molar-refractivity contribution is 6.31. The molecule has 98 valence electrons. The normalized spacial score (nSPS) is 16.6. The molecule has 0 saturated carbocycles. The Labute approximate surface area is 121 Å². The van der Waals surface area contributed by atoms with E-state index in [0.717, 1.165) is 17.0 Å². The Morgan fingerprint density at radius 3 is 2.75 bits per heavy atom. The molecule has 1 aliphatic heterocycles. The average molecular weight is 282 g/mol. The van der Waals surface area contributed by atoms with Crippen molar-refractivity contribution in [1.82, 2.24) is 0 Å². The second kappa shape index (κ2) is 4.43. The molecule has 0 amide bonds. The van der Waals surface area contributed by atoms with Crippen molar-refractivity contribution in [3.63, 3.8) is 0 Å². The van der Waals surface area contributed by atoms with Crippen molar-refractivity contribution < 1.29 is 4.74 Å². The van der Waals surface area contributed by atoms with Crippen molar-refractivity contribution in [3.05, 3.63) is 71.2 Å². The molecule has 1 heterocycles. The highest BCUT2D eigenvalue weighted by Gasteiger charge is 2.24. The third-order valence-electron chi connectivity index (χ3n) is 3.58. The maximum atomic E-state index is 6.02. The molecule has 2 nitrogen and oxygen atoms in total. The van der Waals surface area contributed by atoms with Gasteiger partial charge in [0.25, 0.3) is 0 Å². The van der Waals surface area contributed by atoms with Crippen LogP contribution in [0.1, 0.15) is 11.8 Å². The smallest absolute Gasteiger partial charge is 0.197 e. The summed E-state index contributed by atoms with van der Waals surface area (Å²) in [5.41, 5.74) is 2.07. The largest absolute Gasteiger partial charge is 0.464 e. The molecule has 1 N–H and O–H groups in total. The van der Waals surface area contributed by atoms with Gasteiger partial charge < -0.3 is 10.1 Å². The molecule has 3 heteroatoms. The summed E-state index contributed by atoms with van der Waals surface area (Å²) in [4.78, 5) is 0. The van der Waals surface area contributed by atoms with E-state index in [1.54, 1.807) is 0 Å². The molecule has 4 rings (SSSR count). The highest BCUT2D eigenvalue weighted by atomic mass is 35.5. The number of hydrogen-bond donors (Lipinski definition) is 1. The molecular weight excluding hydrogens is 270 g/mol. The first kappa shape index (κ1) is 11.6. The summed E-state index contributed by atoms with van der Waals surface area (Å²) in [5, 5.41) is 6.50. The molecule has 3 aromatic rings. The van der Waals surface area contributed by atoms with Crippen LogP contribution in [0.25, 0.3) is 10.8 Å². The number of ether oxygens (including phenoxy) is 1. The molecule has 0 saturated heterocycles. The molecule has 0 unspecified atom stereocenters. The quantitative estimate of drug-likeness (QED) is 0.678. The third kappa shape index (κ3) is 1.81. The van der Waals surface area contributed by atoms with E-state index in [-0.39, 0.29) is 6.23 Å². The second-order valence-electron chi connectivity index (χ2n) is 4.85. The molecule has 0 aliphatic carbocycles. The van der Waals surface area contributed by atoms with Crippen LogP contribution < -0.4 is 10.1 Å². The number of rotatable bonds is 1. The van der Waals surface area contributed by atoms with E-state index < -0.39 is 0 Å². The van der Waals surface area contributed by atoms with Gasteiger partial charge in [0.2, 0.25) is 0 Å². The molecule has 20 heavy (non-hydrogen) atoms. The van der Waals surface area contributed by atoms with Crippen molar-refractivity contribution in [2.45, 2.75) is 6.23 Å². The molecule has 1 aliphatic rings. The predicted octanol–water partition coefficient (Wildman–Crippen LogP) is 5.00. The fraction of sp³-hybridized carbons (Fsp3) is 0.0588. The number of nitrogens with one attached hydrogen (secondary N) is 1. The van der Waals surface area contributed by atoms with Crippen molar-refractivity contribution in [1.29, 1.82) is 0 Å². The van der Waals surface area contributed by atoms with Crippen LogP contribution in [0.3, 0.4) is 0 Å². The summed E-state index contributed by atoms with van der Waals surface area (Å²) >= 11 is 6.02. The summed E-state index contributed by atoms with van der Waals surface area (Å²) in [6, 6.07) is 20.2. The van der Waals surface area contributed by atoms with Crippen LogP contribution in [-0.2, 0) is 0 Å². The first-order valence-corrected chi connectivity index (χ1v) is 6.89. The van der Waals surface area contributed by atoms with E-state index in [4.69, 9.17) is 16.3 Å². The van der Waals surface area contributed by atoms with Crippen LogP contribution in [-0.4, -0.2) is 0 Å². The lowest BCUT2D eigenvalue weighted by atomic mass is 10.0. The number of fused-ring (bicyclic) bond motifs is 2. The summed E-state index contributed by atoms with van der Waals surface area (Å²) in [7, 11) is 0. The van der Waals surface area contributed by atoms with Gasteiger partial charge in [-0.3, -0.25) is 0 Å². The monoisotopic (exact) mass is 281 g/mol. The zero-order chi connectivity index (χ0) is 13.5. The lowest BCUT2D eigenvalue weighted by Gasteiger charge is -2.14. The van der Waals surface area contributed by atoms with Crippen LogP contribution in [0.2, 0.25) is 5.02 Å². The standard InChI is InChI=1S/C17H12ClNO/c18-12-8-9-16-15(10-12)19-17(20-16)14-7-3-5-11-4-1-2-6-13(11)14/h1-10,17,19H/t17-/m0/s1. The number of halogens is 1. The predicted molar refractivity (Wildman–Crippen MR) is 82.4 cm³/mol. The van der Waals surface area contributed by atoms with Gasteiger partial charge in [-0.05, 0) is 29.0 Å². The topological polar surface area (TPSA) is 21.3 Å². The molecule has 0 spiro atoms. The van der Waals surface area contributed by atoms with E-state index in [1.807, 2.05) is 30.3 Å². The average Bonchev–Trinajstić information content (AvgIpc) is 2.89. The Morgan fingerprint density at radius 2 is 1.80 bits per heavy atom. The minimum absolute atomic E-state index is 0.172. The lowest BCUT2D eigenvalue weighted by Crippen LogP contribution is -2.10. The minimum Gasteiger partial charge on any atom is -0.464 e. The third-order valence-corrected chi connectivity index (χ3v) is 3.81. The van der Waals surface area contributed by atoms with Gasteiger partial charge in [0.15, 0.2) is 6.23 Å². The summed E-state index contributed by atoms with van der Waals surface area (Å²) in [6.45, 7) is 0. The van der Waals surface area contributed by atoms with Crippen molar-refractivity contribution >= 4 is 28.1 Å². The molecule has 1 atom stereocenters. The zero-order valence-corrected chi connectivity index (χ0v) is 11.4. The van der Waals surface area contributed by atoms with Gasteiger partial charge in [0.05, 0.1) is 5.69 Å². The number of anilines is 1. The van der Waals surface area contributed by atoms with E-state index in [9.17, 15) is 0 Å². The number of hydrogen-bond acceptors (Lipinski definition) is 2. The van der Waals surface area contributed by atoms with Gasteiger partial charge in [-0.1, -0.05) is 54.1 Å². The van der Waals surface area contributed by atoms with E-state index in [1.165, 1.54) is 10.8 Å². The van der Waals surface area contributed by atoms with Crippen molar-refractivity contribution in [2.75, 3.05) is 5.32 Å².